The van der Waals surface area contributed by atoms with Crippen LogP contribution in [0.4, 0.5) is 0 Å². The van der Waals surface area contributed by atoms with Crippen molar-refractivity contribution in [1.29, 1.82) is 0 Å². The van der Waals surface area contributed by atoms with Crippen molar-refractivity contribution >= 4 is 34.7 Å². The number of aromatic nitrogens is 4. The highest BCUT2D eigenvalue weighted by molar-refractivity contribution is 7.99. The maximum atomic E-state index is 6.42. The second-order valence-corrected chi connectivity index (χ2v) is 8.09. The second kappa shape index (κ2) is 9.93. The van der Waals surface area contributed by atoms with Gasteiger partial charge in [-0.05, 0) is 39.6 Å². The Labute approximate surface area is 171 Å². The first kappa shape index (κ1) is 19.9. The zero-order valence-corrected chi connectivity index (χ0v) is 17.4. The number of tetrazole rings is 1. The number of ether oxygens (including phenoxy) is 2. The number of methoxy groups -OCH3 is 1. The number of nitrogens with zero attached hydrogens (tertiary/aromatic N) is 4. The molecule has 0 saturated carbocycles. The Morgan fingerprint density at radius 2 is 2.26 bits per heavy atom. The third-order valence-electron chi connectivity index (χ3n) is 3.65. The van der Waals surface area contributed by atoms with Crippen LogP contribution in [0.1, 0.15) is 10.4 Å². The topological polar surface area (TPSA) is 74.1 Å². The van der Waals surface area contributed by atoms with Crippen molar-refractivity contribution in [2.75, 3.05) is 19.4 Å². The Balaban J connectivity index is 1.51. The van der Waals surface area contributed by atoms with Crippen LogP contribution in [0.15, 0.2) is 34.8 Å². The molecule has 2 aromatic heterocycles. The lowest BCUT2D eigenvalue weighted by Gasteiger charge is -2.14. The minimum atomic E-state index is 0.472. The molecule has 0 unspecified atom stereocenters. The summed E-state index contributed by atoms with van der Waals surface area (Å²) >= 11 is 9.67. The fraction of sp³-hybridized carbons (Fsp3) is 0.353. The largest absolute Gasteiger partial charge is 0.493 e. The van der Waals surface area contributed by atoms with Crippen molar-refractivity contribution in [2.45, 2.75) is 18.3 Å². The molecule has 1 N–H and O–H groups in total. The maximum absolute atomic E-state index is 6.42. The van der Waals surface area contributed by atoms with E-state index in [4.69, 9.17) is 21.1 Å². The number of halogens is 1. The predicted molar refractivity (Wildman–Crippen MR) is 108 cm³/mol. The first-order valence-electron chi connectivity index (χ1n) is 8.25. The van der Waals surface area contributed by atoms with Gasteiger partial charge in [-0.1, -0.05) is 29.4 Å². The van der Waals surface area contributed by atoms with Crippen molar-refractivity contribution in [3.05, 3.63) is 45.1 Å². The molecular formula is C17H20ClN5O2S2. The molecule has 0 spiro atoms. The Bertz CT molecular complexity index is 857. The van der Waals surface area contributed by atoms with Crippen LogP contribution >= 0.6 is 34.7 Å². The zero-order valence-electron chi connectivity index (χ0n) is 15.0. The molecule has 10 heteroatoms. The Morgan fingerprint density at radius 3 is 2.96 bits per heavy atom. The van der Waals surface area contributed by atoms with Crippen LogP contribution in [0.2, 0.25) is 5.02 Å². The van der Waals surface area contributed by atoms with Gasteiger partial charge in [0.15, 0.2) is 11.5 Å². The van der Waals surface area contributed by atoms with E-state index in [0.29, 0.717) is 29.7 Å². The quantitative estimate of drug-likeness (QED) is 0.394. The van der Waals surface area contributed by atoms with E-state index in [1.807, 2.05) is 36.7 Å². The third kappa shape index (κ3) is 5.58. The smallest absolute Gasteiger partial charge is 0.209 e. The van der Waals surface area contributed by atoms with Crippen LogP contribution in [0, 0.1) is 0 Å². The second-order valence-electron chi connectivity index (χ2n) is 5.59. The third-order valence-corrected chi connectivity index (χ3v) is 5.79. The van der Waals surface area contributed by atoms with Gasteiger partial charge in [-0.25, -0.2) is 4.68 Å². The highest BCUT2D eigenvalue weighted by Gasteiger charge is 2.12. The average molecular weight is 426 g/mol. The highest BCUT2D eigenvalue weighted by atomic mass is 35.5. The number of thiophene rings is 1. The monoisotopic (exact) mass is 425 g/mol. The summed E-state index contributed by atoms with van der Waals surface area (Å²) in [7, 11) is 3.44. The summed E-state index contributed by atoms with van der Waals surface area (Å²) in [6, 6.07) is 7.87. The van der Waals surface area contributed by atoms with Crippen molar-refractivity contribution in [3.8, 4) is 11.5 Å². The molecule has 0 radical (unpaired) electrons. The van der Waals surface area contributed by atoms with Gasteiger partial charge in [0.05, 0.1) is 12.1 Å². The average Bonchev–Trinajstić information content (AvgIpc) is 3.32. The highest BCUT2D eigenvalue weighted by Crippen LogP contribution is 2.37. The number of thioether (sulfide) groups is 1. The molecule has 144 valence electrons. The van der Waals surface area contributed by atoms with Crippen molar-refractivity contribution in [1.82, 2.24) is 25.5 Å². The van der Waals surface area contributed by atoms with E-state index >= 15 is 0 Å². The van der Waals surface area contributed by atoms with E-state index in [-0.39, 0.29) is 0 Å². The maximum Gasteiger partial charge on any atom is 0.209 e. The van der Waals surface area contributed by atoms with Gasteiger partial charge in [0.2, 0.25) is 5.16 Å². The van der Waals surface area contributed by atoms with E-state index in [9.17, 15) is 0 Å². The summed E-state index contributed by atoms with van der Waals surface area (Å²) < 4.78 is 13.0. The van der Waals surface area contributed by atoms with Gasteiger partial charge in [-0.3, -0.25) is 0 Å². The first-order valence-corrected chi connectivity index (χ1v) is 10.5. The van der Waals surface area contributed by atoms with Crippen LogP contribution in [0.25, 0.3) is 0 Å². The van der Waals surface area contributed by atoms with E-state index < -0.39 is 0 Å². The van der Waals surface area contributed by atoms with E-state index in [1.54, 1.807) is 34.9 Å². The number of aryl methyl sites for hydroxylation is 1. The molecule has 2 heterocycles. The Morgan fingerprint density at radius 1 is 1.37 bits per heavy atom. The molecule has 0 atom stereocenters. The molecule has 1 aromatic carbocycles. The summed E-state index contributed by atoms with van der Waals surface area (Å²) in [4.78, 5) is 1.13. The molecule has 3 rings (SSSR count). The van der Waals surface area contributed by atoms with Gasteiger partial charge in [-0.2, -0.15) is 0 Å². The van der Waals surface area contributed by atoms with Gasteiger partial charge in [0.25, 0.3) is 0 Å². The molecule has 27 heavy (non-hydrogen) atoms. The summed E-state index contributed by atoms with van der Waals surface area (Å²) in [5.74, 6) is 2.07. The Hall–Kier alpha value is -1.81. The number of nitrogens with one attached hydrogen (secondary N) is 1. The molecule has 0 aliphatic carbocycles. The fourth-order valence-electron chi connectivity index (χ4n) is 2.34. The number of rotatable bonds is 10. The summed E-state index contributed by atoms with van der Waals surface area (Å²) in [6.45, 7) is 1.96. The van der Waals surface area contributed by atoms with Crippen LogP contribution in [0.3, 0.4) is 0 Å². The van der Waals surface area contributed by atoms with Crippen molar-refractivity contribution in [2.24, 2.45) is 7.05 Å². The van der Waals surface area contributed by atoms with E-state index in [0.717, 1.165) is 27.9 Å². The molecule has 7 nitrogen and oxygen atoms in total. The molecule has 0 aliphatic heterocycles. The molecule has 0 amide bonds. The molecule has 0 bridgehead atoms. The SMILES string of the molecule is COc1cc(CNCCSc2nnnn2C)cc(Cl)c1OCc1cccs1. The lowest BCUT2D eigenvalue weighted by Crippen LogP contribution is -2.17. The predicted octanol–water partition coefficient (Wildman–Crippen LogP) is 3.39. The van der Waals surface area contributed by atoms with E-state index in [1.165, 1.54) is 0 Å². The van der Waals surface area contributed by atoms with Crippen LogP contribution in [-0.4, -0.2) is 39.6 Å². The van der Waals surface area contributed by atoms with Crippen molar-refractivity contribution < 1.29 is 9.47 Å². The van der Waals surface area contributed by atoms with Gasteiger partial charge < -0.3 is 14.8 Å². The number of hydrogen-bond acceptors (Lipinski definition) is 8. The lowest BCUT2D eigenvalue weighted by molar-refractivity contribution is 0.287. The zero-order chi connectivity index (χ0) is 19.1. The lowest BCUT2D eigenvalue weighted by atomic mass is 10.2. The van der Waals surface area contributed by atoms with Gasteiger partial charge in [-0.15, -0.1) is 16.4 Å². The fourth-order valence-corrected chi connectivity index (χ4v) is 3.99. The summed E-state index contributed by atoms with van der Waals surface area (Å²) in [5.41, 5.74) is 1.03. The van der Waals surface area contributed by atoms with Gasteiger partial charge >= 0.3 is 0 Å². The summed E-state index contributed by atoms with van der Waals surface area (Å²) in [5, 5.41) is 18.1. The molecule has 0 saturated heterocycles. The normalized spacial score (nSPS) is 10.9. The van der Waals surface area contributed by atoms with E-state index in [2.05, 4.69) is 20.8 Å². The summed E-state index contributed by atoms with van der Waals surface area (Å²) in [6.07, 6.45) is 0. The van der Waals surface area contributed by atoms with Crippen molar-refractivity contribution in [3.63, 3.8) is 0 Å². The Kier molecular flexibility index (Phi) is 7.33. The minimum Gasteiger partial charge on any atom is -0.493 e. The standard InChI is InChI=1S/C17H20ClN5O2S2/c1-23-17(20-21-22-23)27-7-5-19-10-12-8-14(18)16(15(9-12)24-2)25-11-13-4-3-6-26-13/h3-4,6,8-9,19H,5,7,10-11H2,1-2H3. The van der Waals surface area contributed by atoms with Crippen LogP contribution in [-0.2, 0) is 20.2 Å². The molecule has 0 fully saturated rings. The number of hydrogen-bond donors (Lipinski definition) is 1. The van der Waals surface area contributed by atoms with Crippen LogP contribution in [0.5, 0.6) is 11.5 Å². The van der Waals surface area contributed by atoms with Gasteiger partial charge in [0.1, 0.15) is 6.61 Å². The van der Waals surface area contributed by atoms with Crippen LogP contribution < -0.4 is 14.8 Å². The van der Waals surface area contributed by atoms with Gasteiger partial charge in [0, 0.05) is 30.8 Å². The molecule has 0 aliphatic rings. The molecular weight excluding hydrogens is 406 g/mol. The minimum absolute atomic E-state index is 0.472. The first-order chi connectivity index (χ1) is 13.2. The number of benzene rings is 1. The molecule has 3 aromatic rings.